The Bertz CT molecular complexity index is 628. The van der Waals surface area contributed by atoms with Crippen LogP contribution < -0.4 is 5.32 Å². The van der Waals surface area contributed by atoms with Gasteiger partial charge in [0, 0.05) is 11.0 Å². The number of benzene rings is 2. The zero-order valence-electron chi connectivity index (χ0n) is 11.1. The molecule has 0 aliphatic rings. The van der Waals surface area contributed by atoms with Gasteiger partial charge in [0.05, 0.1) is 5.56 Å². The molecule has 0 aromatic heterocycles. The Morgan fingerprint density at radius 2 is 2.00 bits per heavy atom. The lowest BCUT2D eigenvalue weighted by Gasteiger charge is -2.08. The van der Waals surface area contributed by atoms with Gasteiger partial charge in [-0.25, -0.2) is 4.39 Å². The first-order valence-electron chi connectivity index (χ1n) is 6.35. The zero-order chi connectivity index (χ0) is 14.5. The molecule has 1 N–H and O–H groups in total. The van der Waals surface area contributed by atoms with E-state index in [1.54, 1.807) is 6.07 Å². The van der Waals surface area contributed by atoms with E-state index in [1.807, 2.05) is 31.2 Å². The van der Waals surface area contributed by atoms with Crippen molar-refractivity contribution in [2.24, 2.45) is 0 Å². The van der Waals surface area contributed by atoms with E-state index in [4.69, 9.17) is 0 Å². The molecule has 0 spiro atoms. The van der Waals surface area contributed by atoms with Crippen molar-refractivity contribution in [2.45, 2.75) is 13.3 Å². The smallest absolute Gasteiger partial charge is 0.254 e. The fraction of sp³-hybridized carbons (Fsp3) is 0.188. The maximum Gasteiger partial charge on any atom is 0.254 e. The molecule has 0 atom stereocenters. The molecule has 20 heavy (non-hydrogen) atoms. The fourth-order valence-electron chi connectivity index (χ4n) is 1.97. The summed E-state index contributed by atoms with van der Waals surface area (Å²) in [5.74, 6) is -0.904. The average Bonchev–Trinajstić information content (AvgIpc) is 2.43. The lowest BCUT2D eigenvalue weighted by atomic mass is 10.1. The molecule has 0 aliphatic heterocycles. The Morgan fingerprint density at radius 1 is 1.25 bits per heavy atom. The van der Waals surface area contributed by atoms with Gasteiger partial charge in [0.2, 0.25) is 0 Å². The van der Waals surface area contributed by atoms with E-state index in [9.17, 15) is 9.18 Å². The summed E-state index contributed by atoms with van der Waals surface area (Å²) in [6.07, 6.45) is 0.730. The van der Waals surface area contributed by atoms with Crippen LogP contribution in [-0.2, 0) is 6.42 Å². The first-order valence-corrected chi connectivity index (χ1v) is 7.15. The van der Waals surface area contributed by atoms with E-state index in [1.165, 1.54) is 23.3 Å². The molecule has 0 unspecified atom stereocenters. The number of carbonyl (C=O) groups is 1. The molecular formula is C16H15BrFNO. The van der Waals surface area contributed by atoms with Gasteiger partial charge >= 0.3 is 0 Å². The van der Waals surface area contributed by atoms with Gasteiger partial charge in [0.25, 0.3) is 5.91 Å². The van der Waals surface area contributed by atoms with Crippen molar-refractivity contribution in [3.05, 3.63) is 69.4 Å². The number of rotatable bonds is 4. The van der Waals surface area contributed by atoms with E-state index in [-0.39, 0.29) is 5.56 Å². The molecule has 1 amide bonds. The third kappa shape index (κ3) is 3.67. The van der Waals surface area contributed by atoms with Crippen LogP contribution in [-0.4, -0.2) is 12.5 Å². The quantitative estimate of drug-likeness (QED) is 0.902. The maximum atomic E-state index is 13.6. The largest absolute Gasteiger partial charge is 0.352 e. The molecule has 0 saturated carbocycles. The van der Waals surface area contributed by atoms with Crippen molar-refractivity contribution in [1.82, 2.24) is 5.32 Å². The molecule has 0 bridgehead atoms. The highest BCUT2D eigenvalue weighted by Gasteiger charge is 2.11. The normalized spacial score (nSPS) is 10.3. The first-order chi connectivity index (χ1) is 9.58. The molecule has 0 radical (unpaired) electrons. The summed E-state index contributed by atoms with van der Waals surface area (Å²) in [6.45, 7) is 2.51. The molecule has 0 saturated heterocycles. The number of hydrogen-bond donors (Lipinski definition) is 1. The molecule has 2 aromatic rings. The molecule has 0 heterocycles. The van der Waals surface area contributed by atoms with Crippen LogP contribution in [0.4, 0.5) is 4.39 Å². The van der Waals surface area contributed by atoms with Crippen LogP contribution in [0.3, 0.4) is 0 Å². The minimum atomic E-state index is -0.512. The second-order valence-corrected chi connectivity index (χ2v) is 5.47. The molecule has 104 valence electrons. The standard InChI is InChI=1S/C16H15BrFNO/c1-11-4-2-3-5-12(11)8-9-19-16(20)14-10-13(17)6-7-15(14)18/h2-7,10H,8-9H2,1H3,(H,19,20). The van der Waals surface area contributed by atoms with Crippen molar-refractivity contribution >= 4 is 21.8 Å². The Labute approximate surface area is 126 Å². The summed E-state index contributed by atoms with van der Waals surface area (Å²) in [7, 11) is 0. The summed E-state index contributed by atoms with van der Waals surface area (Å²) >= 11 is 3.23. The summed E-state index contributed by atoms with van der Waals surface area (Å²) in [5, 5.41) is 2.74. The van der Waals surface area contributed by atoms with Gasteiger partial charge < -0.3 is 5.32 Å². The van der Waals surface area contributed by atoms with E-state index >= 15 is 0 Å². The van der Waals surface area contributed by atoms with Crippen molar-refractivity contribution in [2.75, 3.05) is 6.54 Å². The Morgan fingerprint density at radius 3 is 2.75 bits per heavy atom. The van der Waals surface area contributed by atoms with Gasteiger partial charge in [-0.2, -0.15) is 0 Å². The third-order valence-corrected chi connectivity index (χ3v) is 3.61. The van der Waals surface area contributed by atoms with Crippen LogP contribution in [0.2, 0.25) is 0 Å². The summed E-state index contributed by atoms with van der Waals surface area (Å²) in [5.41, 5.74) is 2.43. The number of aryl methyl sites for hydroxylation is 1. The van der Waals surface area contributed by atoms with Crippen LogP contribution in [0.1, 0.15) is 21.5 Å². The number of nitrogens with one attached hydrogen (secondary N) is 1. The highest BCUT2D eigenvalue weighted by molar-refractivity contribution is 9.10. The number of hydrogen-bond acceptors (Lipinski definition) is 1. The van der Waals surface area contributed by atoms with Crippen molar-refractivity contribution in [1.29, 1.82) is 0 Å². The number of carbonyl (C=O) groups excluding carboxylic acids is 1. The van der Waals surface area contributed by atoms with Crippen LogP contribution in [0.25, 0.3) is 0 Å². The predicted molar refractivity (Wildman–Crippen MR) is 81.3 cm³/mol. The van der Waals surface area contributed by atoms with E-state index in [0.29, 0.717) is 11.0 Å². The Balaban J connectivity index is 1.96. The van der Waals surface area contributed by atoms with Gasteiger partial charge in [0.1, 0.15) is 5.82 Å². The van der Waals surface area contributed by atoms with Crippen LogP contribution in [0.5, 0.6) is 0 Å². The van der Waals surface area contributed by atoms with Crippen LogP contribution in [0, 0.1) is 12.7 Å². The molecule has 2 aromatic carbocycles. The monoisotopic (exact) mass is 335 g/mol. The van der Waals surface area contributed by atoms with Crippen molar-refractivity contribution < 1.29 is 9.18 Å². The summed E-state index contributed by atoms with van der Waals surface area (Å²) < 4.78 is 14.2. The predicted octanol–water partition coefficient (Wildman–Crippen LogP) is 3.87. The summed E-state index contributed by atoms with van der Waals surface area (Å²) in [4.78, 5) is 11.9. The lowest BCUT2D eigenvalue weighted by Crippen LogP contribution is -2.26. The molecule has 0 aliphatic carbocycles. The van der Waals surface area contributed by atoms with Crippen molar-refractivity contribution in [3.63, 3.8) is 0 Å². The van der Waals surface area contributed by atoms with E-state index in [2.05, 4.69) is 21.2 Å². The molecule has 0 fully saturated rings. The zero-order valence-corrected chi connectivity index (χ0v) is 12.7. The molecule has 2 nitrogen and oxygen atoms in total. The maximum absolute atomic E-state index is 13.6. The minimum absolute atomic E-state index is 0.0594. The molecule has 4 heteroatoms. The van der Waals surface area contributed by atoms with Gasteiger partial charge in [-0.3, -0.25) is 4.79 Å². The number of amides is 1. The van der Waals surface area contributed by atoms with Crippen LogP contribution >= 0.6 is 15.9 Å². The van der Waals surface area contributed by atoms with Gasteiger partial charge in [-0.05, 0) is 42.7 Å². The van der Waals surface area contributed by atoms with Gasteiger partial charge in [-0.15, -0.1) is 0 Å². The van der Waals surface area contributed by atoms with Crippen molar-refractivity contribution in [3.8, 4) is 0 Å². The highest BCUT2D eigenvalue weighted by atomic mass is 79.9. The summed E-state index contributed by atoms with van der Waals surface area (Å²) in [6, 6.07) is 12.3. The molecule has 2 rings (SSSR count). The second kappa shape index (κ2) is 6.66. The van der Waals surface area contributed by atoms with Gasteiger partial charge in [-0.1, -0.05) is 40.2 Å². The third-order valence-electron chi connectivity index (χ3n) is 3.11. The molecular weight excluding hydrogens is 321 g/mol. The topological polar surface area (TPSA) is 29.1 Å². The van der Waals surface area contributed by atoms with E-state index in [0.717, 1.165) is 6.42 Å². The van der Waals surface area contributed by atoms with Crippen LogP contribution in [0.15, 0.2) is 46.9 Å². The fourth-order valence-corrected chi connectivity index (χ4v) is 2.33. The average molecular weight is 336 g/mol. The second-order valence-electron chi connectivity index (χ2n) is 4.56. The van der Waals surface area contributed by atoms with Gasteiger partial charge in [0.15, 0.2) is 0 Å². The highest BCUT2D eigenvalue weighted by Crippen LogP contribution is 2.15. The minimum Gasteiger partial charge on any atom is -0.352 e. The Hall–Kier alpha value is -1.68. The lowest BCUT2D eigenvalue weighted by molar-refractivity contribution is 0.0950. The Kier molecular flexibility index (Phi) is 4.90. The number of halogens is 2. The first kappa shape index (κ1) is 14.7. The van der Waals surface area contributed by atoms with E-state index < -0.39 is 11.7 Å². The SMILES string of the molecule is Cc1ccccc1CCNC(=O)c1cc(Br)ccc1F.